The zero-order valence-electron chi connectivity index (χ0n) is 13.4. The number of carbonyl (C=O) groups is 1. The van der Waals surface area contributed by atoms with Crippen LogP contribution in [0.5, 0.6) is 11.5 Å². The van der Waals surface area contributed by atoms with Crippen molar-refractivity contribution in [2.24, 2.45) is 0 Å². The predicted molar refractivity (Wildman–Crippen MR) is 91.5 cm³/mol. The van der Waals surface area contributed by atoms with Crippen LogP contribution in [0.15, 0.2) is 42.5 Å². The molecule has 0 unspecified atom stereocenters. The molecule has 1 saturated carbocycles. The molecule has 0 atom stereocenters. The van der Waals surface area contributed by atoms with E-state index in [9.17, 15) is 9.90 Å². The second-order valence-corrected chi connectivity index (χ2v) is 5.99. The Morgan fingerprint density at radius 3 is 2.50 bits per heavy atom. The molecule has 0 aromatic heterocycles. The van der Waals surface area contributed by atoms with E-state index in [4.69, 9.17) is 15.2 Å². The highest BCUT2D eigenvalue weighted by atomic mass is 16.5. The number of nitrogen functional groups attached to an aromatic ring is 1. The lowest BCUT2D eigenvalue weighted by Gasteiger charge is -2.18. The summed E-state index contributed by atoms with van der Waals surface area (Å²) in [5.41, 5.74) is 7.06. The maximum absolute atomic E-state index is 11.3. The van der Waals surface area contributed by atoms with Crippen LogP contribution in [0.2, 0.25) is 0 Å². The number of rotatable bonds is 6. The summed E-state index contributed by atoms with van der Waals surface area (Å²) in [5.74, 6) is -0.151. The van der Waals surface area contributed by atoms with Crippen LogP contribution in [0.4, 0.5) is 5.69 Å². The molecule has 0 heterocycles. The molecular formula is C19H21NO4. The van der Waals surface area contributed by atoms with Gasteiger partial charge in [0.05, 0.1) is 17.4 Å². The molecule has 0 aliphatic heterocycles. The second-order valence-electron chi connectivity index (χ2n) is 5.99. The van der Waals surface area contributed by atoms with E-state index in [1.165, 1.54) is 6.07 Å². The molecule has 2 aromatic rings. The van der Waals surface area contributed by atoms with E-state index in [0.717, 1.165) is 31.2 Å². The molecule has 0 radical (unpaired) electrons. The lowest BCUT2D eigenvalue weighted by atomic mass is 10.1. The van der Waals surface area contributed by atoms with Gasteiger partial charge < -0.3 is 20.3 Å². The zero-order chi connectivity index (χ0) is 16.9. The molecule has 3 rings (SSSR count). The molecule has 2 aromatic carbocycles. The van der Waals surface area contributed by atoms with E-state index in [1.807, 2.05) is 30.3 Å². The second kappa shape index (κ2) is 7.25. The number of anilines is 1. The number of hydrogen-bond acceptors (Lipinski definition) is 4. The molecule has 0 bridgehead atoms. The van der Waals surface area contributed by atoms with Crippen molar-refractivity contribution in [2.45, 2.75) is 38.4 Å². The standard InChI is InChI=1S/C19H21NO4/c20-16-11-18(24-14-8-4-5-9-14)17(10-15(16)19(21)22)23-12-13-6-2-1-3-7-13/h1-3,6-7,10-11,14H,4-5,8-9,12,20H2,(H,21,22). The van der Waals surface area contributed by atoms with Crippen molar-refractivity contribution < 1.29 is 19.4 Å². The van der Waals surface area contributed by atoms with E-state index < -0.39 is 5.97 Å². The van der Waals surface area contributed by atoms with Crippen LogP contribution in [0.1, 0.15) is 41.6 Å². The summed E-state index contributed by atoms with van der Waals surface area (Å²) < 4.78 is 11.8. The van der Waals surface area contributed by atoms with Crippen molar-refractivity contribution in [1.82, 2.24) is 0 Å². The molecule has 0 saturated heterocycles. The highest BCUT2D eigenvalue weighted by Gasteiger charge is 2.21. The number of carboxylic acids is 1. The molecular weight excluding hydrogens is 306 g/mol. The average Bonchev–Trinajstić information content (AvgIpc) is 3.08. The Bertz CT molecular complexity index is 709. The third kappa shape index (κ3) is 3.79. The van der Waals surface area contributed by atoms with Crippen LogP contribution < -0.4 is 15.2 Å². The van der Waals surface area contributed by atoms with Crippen molar-refractivity contribution in [3.8, 4) is 11.5 Å². The van der Waals surface area contributed by atoms with E-state index in [2.05, 4.69) is 0 Å². The average molecular weight is 327 g/mol. The number of carboxylic acid groups (broad SMARTS) is 1. The first kappa shape index (κ1) is 16.2. The fourth-order valence-electron chi connectivity index (χ4n) is 2.89. The molecule has 3 N–H and O–H groups in total. The van der Waals surface area contributed by atoms with Gasteiger partial charge in [-0.05, 0) is 31.2 Å². The van der Waals surface area contributed by atoms with Crippen molar-refractivity contribution in [1.29, 1.82) is 0 Å². The summed E-state index contributed by atoms with van der Waals surface area (Å²) in [6.07, 6.45) is 4.43. The van der Waals surface area contributed by atoms with Gasteiger partial charge in [0.1, 0.15) is 6.61 Å². The SMILES string of the molecule is Nc1cc(OC2CCCC2)c(OCc2ccccc2)cc1C(=O)O. The maximum Gasteiger partial charge on any atom is 0.337 e. The normalized spacial score (nSPS) is 14.5. The predicted octanol–water partition coefficient (Wildman–Crippen LogP) is 3.87. The fraction of sp³-hybridized carbons (Fsp3) is 0.316. The van der Waals surface area contributed by atoms with Crippen molar-refractivity contribution in [3.63, 3.8) is 0 Å². The Kier molecular flexibility index (Phi) is 4.89. The Labute approximate surface area is 141 Å². The monoisotopic (exact) mass is 327 g/mol. The van der Waals surface area contributed by atoms with Gasteiger partial charge in [0.25, 0.3) is 0 Å². The molecule has 24 heavy (non-hydrogen) atoms. The lowest BCUT2D eigenvalue weighted by Crippen LogP contribution is -2.13. The number of nitrogens with two attached hydrogens (primary N) is 1. The number of benzene rings is 2. The van der Waals surface area contributed by atoms with E-state index in [-0.39, 0.29) is 17.4 Å². The van der Waals surface area contributed by atoms with Gasteiger partial charge in [-0.1, -0.05) is 30.3 Å². The number of ether oxygens (including phenoxy) is 2. The van der Waals surface area contributed by atoms with Gasteiger partial charge in [0, 0.05) is 12.1 Å². The lowest BCUT2D eigenvalue weighted by molar-refractivity contribution is 0.0697. The Morgan fingerprint density at radius 2 is 1.83 bits per heavy atom. The summed E-state index contributed by atoms with van der Waals surface area (Å²) in [6, 6.07) is 12.7. The van der Waals surface area contributed by atoms with Crippen LogP contribution >= 0.6 is 0 Å². The first-order chi connectivity index (χ1) is 11.6. The third-order valence-corrected chi connectivity index (χ3v) is 4.18. The Balaban J connectivity index is 1.84. The molecule has 0 amide bonds. The van der Waals surface area contributed by atoms with Crippen LogP contribution in [-0.4, -0.2) is 17.2 Å². The molecule has 1 fully saturated rings. The highest BCUT2D eigenvalue weighted by molar-refractivity contribution is 5.94. The maximum atomic E-state index is 11.3. The van der Waals surface area contributed by atoms with Gasteiger partial charge in [0.2, 0.25) is 0 Å². The van der Waals surface area contributed by atoms with Gasteiger partial charge in [-0.15, -0.1) is 0 Å². The minimum Gasteiger partial charge on any atom is -0.486 e. The zero-order valence-corrected chi connectivity index (χ0v) is 13.4. The van der Waals surface area contributed by atoms with Gasteiger partial charge in [-0.25, -0.2) is 4.79 Å². The molecule has 5 nitrogen and oxygen atoms in total. The summed E-state index contributed by atoms with van der Waals surface area (Å²) >= 11 is 0. The van der Waals surface area contributed by atoms with Crippen molar-refractivity contribution in [2.75, 3.05) is 5.73 Å². The summed E-state index contributed by atoms with van der Waals surface area (Å²) in [6.45, 7) is 0.338. The smallest absolute Gasteiger partial charge is 0.337 e. The minimum absolute atomic E-state index is 0.0248. The molecule has 1 aliphatic rings. The molecule has 126 valence electrons. The molecule has 0 spiro atoms. The van der Waals surface area contributed by atoms with Gasteiger partial charge in [0.15, 0.2) is 11.5 Å². The minimum atomic E-state index is -1.08. The molecule has 1 aliphatic carbocycles. The first-order valence-corrected chi connectivity index (χ1v) is 8.13. The molecule has 5 heteroatoms. The summed E-state index contributed by atoms with van der Waals surface area (Å²) in [4.78, 5) is 11.3. The van der Waals surface area contributed by atoms with E-state index in [0.29, 0.717) is 18.1 Å². The topological polar surface area (TPSA) is 81.8 Å². The fourth-order valence-corrected chi connectivity index (χ4v) is 2.89. The van der Waals surface area contributed by atoms with Gasteiger partial charge in [-0.2, -0.15) is 0 Å². The van der Waals surface area contributed by atoms with Gasteiger partial charge in [-0.3, -0.25) is 0 Å². The van der Waals surface area contributed by atoms with Crippen molar-refractivity contribution in [3.05, 3.63) is 53.6 Å². The van der Waals surface area contributed by atoms with Crippen LogP contribution in [0.25, 0.3) is 0 Å². The summed E-state index contributed by atoms with van der Waals surface area (Å²) in [7, 11) is 0. The Morgan fingerprint density at radius 1 is 1.12 bits per heavy atom. The van der Waals surface area contributed by atoms with Crippen LogP contribution in [0.3, 0.4) is 0 Å². The van der Waals surface area contributed by atoms with E-state index in [1.54, 1.807) is 6.07 Å². The van der Waals surface area contributed by atoms with Crippen molar-refractivity contribution >= 4 is 11.7 Å². The highest BCUT2D eigenvalue weighted by Crippen LogP contribution is 2.36. The van der Waals surface area contributed by atoms with Gasteiger partial charge >= 0.3 is 5.97 Å². The van der Waals surface area contributed by atoms with Crippen LogP contribution in [0, 0.1) is 0 Å². The first-order valence-electron chi connectivity index (χ1n) is 8.13. The van der Waals surface area contributed by atoms with Crippen LogP contribution in [-0.2, 0) is 6.61 Å². The Hall–Kier alpha value is -2.69. The summed E-state index contributed by atoms with van der Waals surface area (Å²) in [5, 5.41) is 9.27. The largest absolute Gasteiger partial charge is 0.486 e. The quantitative estimate of drug-likeness (QED) is 0.787. The van der Waals surface area contributed by atoms with E-state index >= 15 is 0 Å². The number of hydrogen-bond donors (Lipinski definition) is 2. The third-order valence-electron chi connectivity index (χ3n) is 4.18. The number of aromatic carboxylic acids is 1.